The molecule has 0 aliphatic rings. The smallest absolute Gasteiger partial charge is 0.358 e. The molecule has 1 N–H and O–H groups in total. The molecule has 136 valence electrons. The van der Waals surface area contributed by atoms with Crippen LogP contribution in [0.25, 0.3) is 16.2 Å². The van der Waals surface area contributed by atoms with E-state index in [1.165, 1.54) is 35.6 Å². The maximum atomic E-state index is 11.4. The molecule has 3 heterocycles. The number of aryl methyl sites for hydroxylation is 2. The Bertz CT molecular complexity index is 1130. The Morgan fingerprint density at radius 3 is 2.74 bits per heavy atom. The van der Waals surface area contributed by atoms with Gasteiger partial charge in [-0.3, -0.25) is 0 Å². The molecular weight excluding hydrogens is 364 g/mol. The third-order valence-electron chi connectivity index (χ3n) is 4.04. The van der Waals surface area contributed by atoms with E-state index in [4.69, 9.17) is 0 Å². The molecule has 0 amide bonds. The molecule has 3 aromatic heterocycles. The van der Waals surface area contributed by atoms with Crippen LogP contribution in [0.5, 0.6) is 0 Å². The second-order valence-electron chi connectivity index (χ2n) is 5.99. The van der Waals surface area contributed by atoms with Gasteiger partial charge in [0.1, 0.15) is 0 Å². The summed E-state index contributed by atoms with van der Waals surface area (Å²) in [5, 5.41) is 17.4. The first-order valence-corrected chi connectivity index (χ1v) is 9.04. The third kappa shape index (κ3) is 3.24. The molecule has 0 bridgehead atoms. The molecule has 0 saturated heterocycles. The van der Waals surface area contributed by atoms with Crippen molar-refractivity contribution in [3.63, 3.8) is 0 Å². The molecule has 0 unspecified atom stereocenters. The van der Waals surface area contributed by atoms with Gasteiger partial charge in [0.2, 0.25) is 10.9 Å². The van der Waals surface area contributed by atoms with Crippen LogP contribution in [0, 0.1) is 13.8 Å². The number of ether oxygens (including phenoxy) is 1. The van der Waals surface area contributed by atoms with Gasteiger partial charge in [-0.15, -0.1) is 26.6 Å². The van der Waals surface area contributed by atoms with E-state index in [-0.39, 0.29) is 5.69 Å². The van der Waals surface area contributed by atoms with Crippen LogP contribution in [0.15, 0.2) is 35.7 Å². The topological polar surface area (TPSA) is 94.3 Å². The van der Waals surface area contributed by atoms with Gasteiger partial charge < -0.3 is 10.1 Å². The quantitative estimate of drug-likeness (QED) is 0.542. The summed E-state index contributed by atoms with van der Waals surface area (Å²) >= 11 is 1.51. The molecule has 1 aromatic carbocycles. The molecular formula is C18H16N6O2S. The van der Waals surface area contributed by atoms with Crippen molar-refractivity contribution in [2.45, 2.75) is 13.8 Å². The van der Waals surface area contributed by atoms with E-state index in [0.29, 0.717) is 11.8 Å². The zero-order valence-corrected chi connectivity index (χ0v) is 15.7. The normalized spacial score (nSPS) is 10.9. The van der Waals surface area contributed by atoms with E-state index in [0.717, 1.165) is 16.2 Å². The van der Waals surface area contributed by atoms with E-state index < -0.39 is 5.97 Å². The Kier molecular flexibility index (Phi) is 4.28. The van der Waals surface area contributed by atoms with Gasteiger partial charge in [-0.05, 0) is 31.5 Å². The minimum absolute atomic E-state index is 0.138. The highest BCUT2D eigenvalue weighted by Crippen LogP contribution is 2.29. The maximum absolute atomic E-state index is 11.4. The molecule has 0 aliphatic carbocycles. The summed E-state index contributed by atoms with van der Waals surface area (Å²) in [6.45, 7) is 4.16. The second-order valence-corrected chi connectivity index (χ2v) is 6.83. The standard InChI is InChI=1S/C18H16N6O2S/c1-10-4-5-12(11(2)8-10)14-9-27-18-20-17(23-24(14)18)19-15-7-6-13(21-22-15)16(25)26-3/h4-9H,1-3H3,(H,19,22,23). The molecule has 0 fully saturated rings. The van der Waals surface area contributed by atoms with Crippen molar-refractivity contribution in [3.8, 4) is 11.3 Å². The number of hydrogen-bond donors (Lipinski definition) is 1. The predicted octanol–water partition coefficient (Wildman–Crippen LogP) is 3.39. The highest BCUT2D eigenvalue weighted by Gasteiger charge is 2.14. The number of nitrogens with zero attached hydrogens (tertiary/aromatic N) is 5. The summed E-state index contributed by atoms with van der Waals surface area (Å²) < 4.78 is 6.41. The number of anilines is 2. The average molecular weight is 380 g/mol. The van der Waals surface area contributed by atoms with Gasteiger partial charge in [-0.1, -0.05) is 23.8 Å². The van der Waals surface area contributed by atoms with Crippen LogP contribution in [0.1, 0.15) is 21.6 Å². The first-order valence-electron chi connectivity index (χ1n) is 8.16. The van der Waals surface area contributed by atoms with Gasteiger partial charge in [0, 0.05) is 10.9 Å². The van der Waals surface area contributed by atoms with Gasteiger partial charge in [-0.2, -0.15) is 4.98 Å². The summed E-state index contributed by atoms with van der Waals surface area (Å²) in [5.74, 6) is 0.315. The fourth-order valence-electron chi connectivity index (χ4n) is 2.75. The number of carbonyl (C=O) groups is 1. The zero-order chi connectivity index (χ0) is 19.0. The van der Waals surface area contributed by atoms with Crippen molar-refractivity contribution in [2.75, 3.05) is 12.4 Å². The minimum Gasteiger partial charge on any atom is -0.464 e. The highest BCUT2D eigenvalue weighted by atomic mass is 32.1. The van der Waals surface area contributed by atoms with Crippen LogP contribution in [0.2, 0.25) is 0 Å². The Morgan fingerprint density at radius 1 is 1.19 bits per heavy atom. The largest absolute Gasteiger partial charge is 0.464 e. The Hall–Kier alpha value is -3.33. The first-order chi connectivity index (χ1) is 13.0. The molecule has 4 aromatic rings. The fraction of sp³-hybridized carbons (Fsp3) is 0.167. The number of benzene rings is 1. The van der Waals surface area contributed by atoms with Crippen molar-refractivity contribution < 1.29 is 9.53 Å². The van der Waals surface area contributed by atoms with Crippen LogP contribution < -0.4 is 5.32 Å². The number of methoxy groups -OCH3 is 1. The van der Waals surface area contributed by atoms with Crippen LogP contribution in [-0.4, -0.2) is 37.9 Å². The predicted molar refractivity (Wildman–Crippen MR) is 102 cm³/mol. The van der Waals surface area contributed by atoms with Crippen LogP contribution in [0.4, 0.5) is 11.8 Å². The lowest BCUT2D eigenvalue weighted by Gasteiger charge is -2.05. The number of hydrogen-bond acceptors (Lipinski definition) is 8. The van der Waals surface area contributed by atoms with Gasteiger partial charge in [0.25, 0.3) is 0 Å². The molecule has 27 heavy (non-hydrogen) atoms. The fourth-order valence-corrected chi connectivity index (χ4v) is 3.57. The Morgan fingerprint density at radius 2 is 2.04 bits per heavy atom. The molecule has 8 nitrogen and oxygen atoms in total. The first kappa shape index (κ1) is 17.1. The average Bonchev–Trinajstić information content (AvgIpc) is 3.22. The van der Waals surface area contributed by atoms with Crippen molar-refractivity contribution in [2.24, 2.45) is 0 Å². The number of fused-ring (bicyclic) bond motifs is 1. The molecule has 0 atom stereocenters. The molecule has 9 heteroatoms. The van der Waals surface area contributed by atoms with Crippen LogP contribution >= 0.6 is 11.3 Å². The van der Waals surface area contributed by atoms with Crippen molar-refractivity contribution in [1.82, 2.24) is 24.8 Å². The number of rotatable bonds is 4. The molecule has 4 rings (SSSR count). The Balaban J connectivity index is 1.63. The number of nitrogens with one attached hydrogen (secondary N) is 1. The lowest BCUT2D eigenvalue weighted by molar-refractivity contribution is 0.0593. The number of aromatic nitrogens is 5. The van der Waals surface area contributed by atoms with Gasteiger partial charge in [0.05, 0.1) is 12.8 Å². The summed E-state index contributed by atoms with van der Waals surface area (Å²) in [6.07, 6.45) is 0. The summed E-state index contributed by atoms with van der Waals surface area (Å²) in [5.41, 5.74) is 4.64. The van der Waals surface area contributed by atoms with Gasteiger partial charge >= 0.3 is 5.97 Å². The third-order valence-corrected chi connectivity index (χ3v) is 4.85. The van der Waals surface area contributed by atoms with E-state index in [1.807, 2.05) is 5.38 Å². The maximum Gasteiger partial charge on any atom is 0.358 e. The number of carbonyl (C=O) groups excluding carboxylic acids is 1. The van der Waals surface area contributed by atoms with Crippen molar-refractivity contribution in [1.29, 1.82) is 0 Å². The summed E-state index contributed by atoms with van der Waals surface area (Å²) in [4.78, 5) is 16.7. The monoisotopic (exact) mass is 380 g/mol. The van der Waals surface area contributed by atoms with E-state index in [9.17, 15) is 4.79 Å². The summed E-state index contributed by atoms with van der Waals surface area (Å²) in [6, 6.07) is 9.48. The Labute approximate surface area is 158 Å². The summed E-state index contributed by atoms with van der Waals surface area (Å²) in [7, 11) is 1.30. The SMILES string of the molecule is COC(=O)c1ccc(Nc2nc3scc(-c4ccc(C)cc4C)n3n2)nn1. The number of thiazole rings is 1. The van der Waals surface area contributed by atoms with Crippen molar-refractivity contribution in [3.05, 3.63) is 52.5 Å². The lowest BCUT2D eigenvalue weighted by atomic mass is 10.0. The molecule has 0 aliphatic heterocycles. The van der Waals surface area contributed by atoms with E-state index in [1.54, 1.807) is 10.6 Å². The lowest BCUT2D eigenvalue weighted by Crippen LogP contribution is -2.06. The van der Waals surface area contributed by atoms with Crippen LogP contribution in [-0.2, 0) is 4.74 Å². The molecule has 0 radical (unpaired) electrons. The van der Waals surface area contributed by atoms with E-state index in [2.05, 4.69) is 62.4 Å². The highest BCUT2D eigenvalue weighted by molar-refractivity contribution is 7.15. The van der Waals surface area contributed by atoms with E-state index >= 15 is 0 Å². The van der Waals surface area contributed by atoms with Crippen LogP contribution in [0.3, 0.4) is 0 Å². The molecule has 0 spiro atoms. The second kappa shape index (κ2) is 6.76. The van der Waals surface area contributed by atoms with Gasteiger partial charge in [-0.25, -0.2) is 9.31 Å². The van der Waals surface area contributed by atoms with Crippen molar-refractivity contribution >= 4 is 34.0 Å². The number of esters is 1. The minimum atomic E-state index is -0.534. The van der Waals surface area contributed by atoms with Gasteiger partial charge in [0.15, 0.2) is 11.5 Å². The molecule has 0 saturated carbocycles. The zero-order valence-electron chi connectivity index (χ0n) is 14.9.